The molecule has 1 aliphatic heterocycles. The molecule has 3 rings (SSSR count). The Labute approximate surface area is 124 Å². The highest BCUT2D eigenvalue weighted by atomic mass is 16.5. The van der Waals surface area contributed by atoms with Crippen LogP contribution in [0.2, 0.25) is 0 Å². The van der Waals surface area contributed by atoms with E-state index in [9.17, 15) is 0 Å². The molecule has 1 N–H and O–H groups in total. The van der Waals surface area contributed by atoms with Crippen LogP contribution in [0.4, 0.5) is 0 Å². The van der Waals surface area contributed by atoms with Gasteiger partial charge >= 0.3 is 0 Å². The molecule has 0 fully saturated rings. The molecule has 2 heterocycles. The third kappa shape index (κ3) is 2.49. The number of hydrogen-bond donors (Lipinski definition) is 1. The Kier molecular flexibility index (Phi) is 3.84. The topological polar surface area (TPSA) is 48.3 Å². The lowest BCUT2D eigenvalue weighted by Gasteiger charge is -2.20. The molecule has 1 aromatic heterocycles. The van der Waals surface area contributed by atoms with Gasteiger partial charge in [0.2, 0.25) is 0 Å². The van der Waals surface area contributed by atoms with Crippen molar-refractivity contribution in [1.82, 2.24) is 15.1 Å². The van der Waals surface area contributed by atoms with Gasteiger partial charge in [-0.05, 0) is 23.7 Å². The van der Waals surface area contributed by atoms with Crippen LogP contribution in [0.3, 0.4) is 0 Å². The predicted octanol–water partition coefficient (Wildman–Crippen LogP) is 2.06. The number of benzene rings is 1. The third-order valence-corrected chi connectivity index (χ3v) is 3.90. The van der Waals surface area contributed by atoms with E-state index < -0.39 is 0 Å². The highest BCUT2D eigenvalue weighted by Gasteiger charge is 2.23. The number of methoxy groups -OCH3 is 1. The van der Waals surface area contributed by atoms with E-state index in [-0.39, 0.29) is 6.04 Å². The van der Waals surface area contributed by atoms with E-state index in [1.807, 2.05) is 11.7 Å². The van der Waals surface area contributed by atoms with Gasteiger partial charge in [-0.15, -0.1) is 0 Å². The number of aromatic nitrogens is 2. The molecule has 0 aliphatic carbocycles. The van der Waals surface area contributed by atoms with Crippen molar-refractivity contribution in [2.45, 2.75) is 19.4 Å². The van der Waals surface area contributed by atoms with Crippen LogP contribution in [0.1, 0.15) is 29.8 Å². The maximum atomic E-state index is 5.59. The molecule has 21 heavy (non-hydrogen) atoms. The van der Waals surface area contributed by atoms with Gasteiger partial charge in [0.25, 0.3) is 0 Å². The molecular formula is C16H21N3O2. The minimum Gasteiger partial charge on any atom is -0.493 e. The zero-order valence-corrected chi connectivity index (χ0v) is 12.7. The van der Waals surface area contributed by atoms with Gasteiger partial charge in [0.05, 0.1) is 26.0 Å². The second-order valence-electron chi connectivity index (χ2n) is 5.18. The fraction of sp³-hybridized carbons (Fsp3) is 0.438. The summed E-state index contributed by atoms with van der Waals surface area (Å²) < 4.78 is 12.9. The fourth-order valence-electron chi connectivity index (χ4n) is 2.88. The van der Waals surface area contributed by atoms with Crippen molar-refractivity contribution in [3.8, 4) is 11.5 Å². The minimum absolute atomic E-state index is 0.0587. The van der Waals surface area contributed by atoms with E-state index in [4.69, 9.17) is 9.47 Å². The smallest absolute Gasteiger partial charge is 0.161 e. The van der Waals surface area contributed by atoms with Crippen molar-refractivity contribution in [3.05, 3.63) is 41.2 Å². The number of fused-ring (bicyclic) bond motifs is 1. The second kappa shape index (κ2) is 5.77. The molecule has 112 valence electrons. The van der Waals surface area contributed by atoms with Gasteiger partial charge < -0.3 is 14.8 Å². The lowest BCUT2D eigenvalue weighted by atomic mass is 9.99. The quantitative estimate of drug-likeness (QED) is 0.914. The number of rotatable bonds is 5. The zero-order valence-electron chi connectivity index (χ0n) is 12.7. The van der Waals surface area contributed by atoms with Crippen LogP contribution in [-0.4, -0.2) is 30.0 Å². The Hall–Kier alpha value is -2.01. The van der Waals surface area contributed by atoms with Crippen molar-refractivity contribution in [1.29, 1.82) is 0 Å². The Morgan fingerprint density at radius 2 is 2.33 bits per heavy atom. The Bertz CT molecular complexity index is 636. The summed E-state index contributed by atoms with van der Waals surface area (Å²) in [6.45, 7) is 3.75. The second-order valence-corrected chi connectivity index (χ2v) is 5.18. The van der Waals surface area contributed by atoms with Crippen molar-refractivity contribution in [3.63, 3.8) is 0 Å². The monoisotopic (exact) mass is 287 g/mol. The van der Waals surface area contributed by atoms with Gasteiger partial charge in [0.1, 0.15) is 11.4 Å². The fourth-order valence-corrected chi connectivity index (χ4v) is 2.88. The van der Waals surface area contributed by atoms with Crippen LogP contribution in [0.5, 0.6) is 11.5 Å². The van der Waals surface area contributed by atoms with Gasteiger partial charge in [-0.2, -0.15) is 5.10 Å². The van der Waals surface area contributed by atoms with Gasteiger partial charge in [0.15, 0.2) is 5.75 Å². The molecule has 0 bridgehead atoms. The molecule has 0 radical (unpaired) electrons. The average molecular weight is 287 g/mol. The predicted molar refractivity (Wildman–Crippen MR) is 80.9 cm³/mol. The number of aryl methyl sites for hydroxylation is 1. The molecule has 0 spiro atoms. The zero-order chi connectivity index (χ0) is 14.8. The largest absolute Gasteiger partial charge is 0.493 e. The summed E-state index contributed by atoms with van der Waals surface area (Å²) >= 11 is 0. The van der Waals surface area contributed by atoms with E-state index in [1.165, 1.54) is 11.1 Å². The molecule has 1 aromatic carbocycles. The van der Waals surface area contributed by atoms with Crippen LogP contribution in [0, 0.1) is 0 Å². The number of hydrogen-bond acceptors (Lipinski definition) is 4. The standard InChI is InChI=1S/C16H21N3O2/c1-4-17-15(16-14(20-3)10-18-19(16)2)12-5-6-13-11(9-12)7-8-21-13/h5-6,9-10,15,17H,4,7-8H2,1-3H3. The summed E-state index contributed by atoms with van der Waals surface area (Å²) in [5.41, 5.74) is 3.53. The van der Waals surface area contributed by atoms with E-state index in [0.717, 1.165) is 36.8 Å². The molecule has 1 aliphatic rings. The van der Waals surface area contributed by atoms with E-state index in [0.29, 0.717) is 0 Å². The summed E-state index contributed by atoms with van der Waals surface area (Å²) in [5, 5.41) is 7.84. The first-order valence-corrected chi connectivity index (χ1v) is 7.29. The lowest BCUT2D eigenvalue weighted by molar-refractivity contribution is 0.356. The molecule has 0 amide bonds. The molecule has 1 unspecified atom stereocenters. The normalized spacial score (nSPS) is 14.6. The summed E-state index contributed by atoms with van der Waals surface area (Å²) in [6, 6.07) is 6.46. The highest BCUT2D eigenvalue weighted by molar-refractivity contribution is 5.44. The van der Waals surface area contributed by atoms with Gasteiger partial charge in [0, 0.05) is 13.5 Å². The van der Waals surface area contributed by atoms with Crippen molar-refractivity contribution in [2.75, 3.05) is 20.3 Å². The Morgan fingerprint density at radius 1 is 1.48 bits per heavy atom. The molecule has 2 aromatic rings. The first-order valence-electron chi connectivity index (χ1n) is 7.29. The van der Waals surface area contributed by atoms with E-state index in [2.05, 4.69) is 35.5 Å². The van der Waals surface area contributed by atoms with Crippen LogP contribution in [0.25, 0.3) is 0 Å². The van der Waals surface area contributed by atoms with Gasteiger partial charge in [-0.25, -0.2) is 0 Å². The van der Waals surface area contributed by atoms with Crippen LogP contribution in [-0.2, 0) is 13.5 Å². The maximum Gasteiger partial charge on any atom is 0.161 e. The molecule has 5 nitrogen and oxygen atoms in total. The summed E-state index contributed by atoms with van der Waals surface area (Å²) in [6.07, 6.45) is 2.74. The maximum absolute atomic E-state index is 5.59. The molecule has 0 saturated heterocycles. The number of nitrogens with one attached hydrogen (secondary N) is 1. The Balaban J connectivity index is 2.03. The number of ether oxygens (including phenoxy) is 2. The van der Waals surface area contributed by atoms with E-state index in [1.54, 1.807) is 13.3 Å². The average Bonchev–Trinajstić information content (AvgIpc) is 3.10. The minimum atomic E-state index is 0.0587. The highest BCUT2D eigenvalue weighted by Crippen LogP contribution is 2.33. The molecule has 0 saturated carbocycles. The lowest BCUT2D eigenvalue weighted by Crippen LogP contribution is -2.24. The van der Waals surface area contributed by atoms with Crippen LogP contribution < -0.4 is 14.8 Å². The van der Waals surface area contributed by atoms with Crippen molar-refractivity contribution < 1.29 is 9.47 Å². The third-order valence-electron chi connectivity index (χ3n) is 3.90. The van der Waals surface area contributed by atoms with Crippen molar-refractivity contribution in [2.24, 2.45) is 7.05 Å². The SMILES string of the molecule is CCNC(c1ccc2c(c1)CCO2)c1c(OC)cnn1C. The summed E-state index contributed by atoms with van der Waals surface area (Å²) in [5.74, 6) is 1.81. The summed E-state index contributed by atoms with van der Waals surface area (Å²) in [7, 11) is 3.62. The van der Waals surface area contributed by atoms with E-state index >= 15 is 0 Å². The Morgan fingerprint density at radius 3 is 3.10 bits per heavy atom. The van der Waals surface area contributed by atoms with Crippen LogP contribution >= 0.6 is 0 Å². The van der Waals surface area contributed by atoms with Crippen LogP contribution in [0.15, 0.2) is 24.4 Å². The number of nitrogens with zero attached hydrogens (tertiary/aromatic N) is 2. The first kappa shape index (κ1) is 13.9. The molecule has 1 atom stereocenters. The van der Waals surface area contributed by atoms with Gasteiger partial charge in [-0.1, -0.05) is 19.1 Å². The van der Waals surface area contributed by atoms with Gasteiger partial charge in [-0.3, -0.25) is 4.68 Å². The van der Waals surface area contributed by atoms with Crippen molar-refractivity contribution >= 4 is 0 Å². The summed E-state index contributed by atoms with van der Waals surface area (Å²) in [4.78, 5) is 0. The molecular weight excluding hydrogens is 266 g/mol. The first-order chi connectivity index (χ1) is 10.2. The molecule has 5 heteroatoms.